The first kappa shape index (κ1) is 15.3. The van der Waals surface area contributed by atoms with Gasteiger partial charge >= 0.3 is 0 Å². The number of carbonyl (C=O) groups excluding carboxylic acids is 2. The number of carbonyl (C=O) groups is 2. The molecular formula is C17H16ClNO2. The minimum absolute atomic E-state index is 0.0638. The standard InChI is InChI=1S/C17H16ClNO2/c1-12-3-2-4-15(11-12)19-17(21)10-9-16(20)13-5-7-14(18)8-6-13/h2-8,11H,9-10H2,1H3,(H,19,21). The molecule has 0 aliphatic heterocycles. The lowest BCUT2D eigenvalue weighted by Crippen LogP contribution is -2.13. The molecule has 0 aliphatic rings. The summed E-state index contributed by atoms with van der Waals surface area (Å²) < 4.78 is 0. The van der Waals surface area contributed by atoms with Crippen LogP contribution in [0.15, 0.2) is 48.5 Å². The zero-order valence-electron chi connectivity index (χ0n) is 11.7. The van der Waals surface area contributed by atoms with E-state index < -0.39 is 0 Å². The van der Waals surface area contributed by atoms with E-state index in [2.05, 4.69) is 5.32 Å². The van der Waals surface area contributed by atoms with Gasteiger partial charge in [-0.1, -0.05) is 23.7 Å². The van der Waals surface area contributed by atoms with E-state index in [0.29, 0.717) is 10.6 Å². The van der Waals surface area contributed by atoms with Crippen molar-refractivity contribution in [1.82, 2.24) is 0 Å². The third kappa shape index (κ3) is 4.72. The van der Waals surface area contributed by atoms with Gasteiger partial charge in [0.15, 0.2) is 5.78 Å². The van der Waals surface area contributed by atoms with Gasteiger partial charge in [0.05, 0.1) is 0 Å². The molecule has 0 atom stereocenters. The van der Waals surface area contributed by atoms with Crippen molar-refractivity contribution in [3.63, 3.8) is 0 Å². The molecule has 0 fully saturated rings. The molecule has 0 radical (unpaired) electrons. The number of halogens is 1. The van der Waals surface area contributed by atoms with E-state index in [1.54, 1.807) is 24.3 Å². The SMILES string of the molecule is Cc1cccc(NC(=O)CCC(=O)c2ccc(Cl)cc2)c1. The molecule has 0 spiro atoms. The molecule has 0 saturated heterocycles. The number of rotatable bonds is 5. The third-order valence-corrected chi connectivity index (χ3v) is 3.30. The number of anilines is 1. The van der Waals surface area contributed by atoms with Crippen molar-refractivity contribution in [3.8, 4) is 0 Å². The van der Waals surface area contributed by atoms with E-state index in [-0.39, 0.29) is 24.5 Å². The van der Waals surface area contributed by atoms with E-state index >= 15 is 0 Å². The van der Waals surface area contributed by atoms with Crippen molar-refractivity contribution in [3.05, 3.63) is 64.7 Å². The second kappa shape index (κ2) is 7.04. The maximum Gasteiger partial charge on any atom is 0.224 e. The molecule has 2 rings (SSSR count). The van der Waals surface area contributed by atoms with E-state index in [1.165, 1.54) is 0 Å². The molecule has 2 aromatic carbocycles. The van der Waals surface area contributed by atoms with Crippen LogP contribution in [-0.2, 0) is 4.79 Å². The molecule has 0 unspecified atom stereocenters. The minimum Gasteiger partial charge on any atom is -0.326 e. The zero-order chi connectivity index (χ0) is 15.2. The highest BCUT2D eigenvalue weighted by Gasteiger charge is 2.09. The lowest BCUT2D eigenvalue weighted by molar-refractivity contribution is -0.116. The molecule has 108 valence electrons. The van der Waals surface area contributed by atoms with Gasteiger partial charge in [-0.05, 0) is 48.9 Å². The van der Waals surface area contributed by atoms with Gasteiger partial charge in [-0.25, -0.2) is 0 Å². The van der Waals surface area contributed by atoms with Crippen LogP contribution in [0.4, 0.5) is 5.69 Å². The molecular weight excluding hydrogens is 286 g/mol. The smallest absolute Gasteiger partial charge is 0.224 e. The Morgan fingerprint density at radius 2 is 1.76 bits per heavy atom. The van der Waals surface area contributed by atoms with Crippen molar-refractivity contribution in [1.29, 1.82) is 0 Å². The average molecular weight is 302 g/mol. The predicted molar refractivity (Wildman–Crippen MR) is 84.8 cm³/mol. The van der Waals surface area contributed by atoms with E-state index in [1.807, 2.05) is 31.2 Å². The van der Waals surface area contributed by atoms with Gasteiger partial charge in [-0.2, -0.15) is 0 Å². The lowest BCUT2D eigenvalue weighted by Gasteiger charge is -2.06. The molecule has 3 nitrogen and oxygen atoms in total. The summed E-state index contributed by atoms with van der Waals surface area (Å²) >= 11 is 5.77. The lowest BCUT2D eigenvalue weighted by atomic mass is 10.1. The summed E-state index contributed by atoms with van der Waals surface area (Å²) in [6.45, 7) is 1.96. The van der Waals surface area contributed by atoms with Gasteiger partial charge < -0.3 is 5.32 Å². The summed E-state index contributed by atoms with van der Waals surface area (Å²) in [5.41, 5.74) is 2.40. The van der Waals surface area contributed by atoms with Crippen LogP contribution in [0.2, 0.25) is 5.02 Å². The fourth-order valence-electron chi connectivity index (χ4n) is 1.95. The Balaban J connectivity index is 1.86. The molecule has 1 amide bonds. The van der Waals surface area contributed by atoms with Gasteiger partial charge in [0, 0.05) is 29.1 Å². The van der Waals surface area contributed by atoms with Crippen molar-refractivity contribution in [2.24, 2.45) is 0 Å². The van der Waals surface area contributed by atoms with Gasteiger partial charge in [0.1, 0.15) is 0 Å². The van der Waals surface area contributed by atoms with Crippen LogP contribution < -0.4 is 5.32 Å². The van der Waals surface area contributed by atoms with Crippen LogP contribution in [-0.4, -0.2) is 11.7 Å². The molecule has 0 saturated carbocycles. The highest BCUT2D eigenvalue weighted by molar-refractivity contribution is 6.30. The van der Waals surface area contributed by atoms with Gasteiger partial charge in [-0.15, -0.1) is 0 Å². The Bertz CT molecular complexity index is 650. The zero-order valence-corrected chi connectivity index (χ0v) is 12.5. The highest BCUT2D eigenvalue weighted by atomic mass is 35.5. The van der Waals surface area contributed by atoms with Crippen LogP contribution in [0.25, 0.3) is 0 Å². The summed E-state index contributed by atoms with van der Waals surface area (Å²) in [6.07, 6.45) is 0.342. The van der Waals surface area contributed by atoms with Crippen LogP contribution in [0.3, 0.4) is 0 Å². The summed E-state index contributed by atoms with van der Waals surface area (Å²) in [7, 11) is 0. The maximum absolute atomic E-state index is 11.9. The second-order valence-electron chi connectivity index (χ2n) is 4.85. The van der Waals surface area contributed by atoms with Crippen LogP contribution in [0.1, 0.15) is 28.8 Å². The van der Waals surface area contributed by atoms with Crippen molar-refractivity contribution in [2.45, 2.75) is 19.8 Å². The van der Waals surface area contributed by atoms with Crippen molar-refractivity contribution < 1.29 is 9.59 Å². The number of benzene rings is 2. The summed E-state index contributed by atoms with van der Waals surface area (Å²) in [5, 5.41) is 3.37. The monoisotopic (exact) mass is 301 g/mol. The van der Waals surface area contributed by atoms with E-state index in [4.69, 9.17) is 11.6 Å². The molecule has 2 aromatic rings. The summed E-state index contributed by atoms with van der Waals surface area (Å²) in [5.74, 6) is -0.228. The molecule has 21 heavy (non-hydrogen) atoms. The number of amides is 1. The normalized spacial score (nSPS) is 10.2. The average Bonchev–Trinajstić information content (AvgIpc) is 2.45. The molecule has 0 aliphatic carbocycles. The number of nitrogens with one attached hydrogen (secondary N) is 1. The highest BCUT2D eigenvalue weighted by Crippen LogP contribution is 2.13. The number of ketones is 1. The van der Waals surface area contributed by atoms with Crippen molar-refractivity contribution in [2.75, 3.05) is 5.32 Å². The molecule has 0 bridgehead atoms. The number of hydrogen-bond donors (Lipinski definition) is 1. The molecule has 0 heterocycles. The first-order valence-electron chi connectivity index (χ1n) is 6.70. The number of Topliss-reactive ketones (excluding diaryl/α,β-unsaturated/α-hetero) is 1. The Morgan fingerprint density at radius 3 is 2.43 bits per heavy atom. The predicted octanol–water partition coefficient (Wildman–Crippen LogP) is 4.25. The number of hydrogen-bond acceptors (Lipinski definition) is 2. The van der Waals surface area contributed by atoms with Crippen LogP contribution in [0, 0.1) is 6.92 Å². The topological polar surface area (TPSA) is 46.2 Å². The second-order valence-corrected chi connectivity index (χ2v) is 5.28. The molecule has 0 aromatic heterocycles. The number of aryl methyl sites for hydroxylation is 1. The van der Waals surface area contributed by atoms with Gasteiger partial charge in [0.2, 0.25) is 5.91 Å². The fraction of sp³-hybridized carbons (Fsp3) is 0.176. The van der Waals surface area contributed by atoms with Crippen molar-refractivity contribution >= 4 is 29.0 Å². The van der Waals surface area contributed by atoms with Gasteiger partial charge in [0.25, 0.3) is 0 Å². The van der Waals surface area contributed by atoms with Crippen LogP contribution in [0.5, 0.6) is 0 Å². The Labute approximate surface area is 128 Å². The third-order valence-electron chi connectivity index (χ3n) is 3.05. The Morgan fingerprint density at radius 1 is 1.05 bits per heavy atom. The molecule has 4 heteroatoms. The summed E-state index contributed by atoms with van der Waals surface area (Å²) in [4.78, 5) is 23.8. The van der Waals surface area contributed by atoms with Gasteiger partial charge in [-0.3, -0.25) is 9.59 Å². The summed E-state index contributed by atoms with van der Waals surface area (Å²) in [6, 6.07) is 14.2. The quantitative estimate of drug-likeness (QED) is 0.839. The molecule has 1 N–H and O–H groups in total. The fourth-order valence-corrected chi connectivity index (χ4v) is 2.08. The first-order valence-corrected chi connectivity index (χ1v) is 7.08. The maximum atomic E-state index is 11.9. The Hall–Kier alpha value is -2.13. The van der Waals surface area contributed by atoms with E-state index in [0.717, 1.165) is 11.3 Å². The largest absolute Gasteiger partial charge is 0.326 e. The first-order chi connectivity index (χ1) is 10.0. The minimum atomic E-state index is -0.164. The van der Waals surface area contributed by atoms with Crippen LogP contribution >= 0.6 is 11.6 Å². The van der Waals surface area contributed by atoms with E-state index in [9.17, 15) is 9.59 Å². The Kier molecular flexibility index (Phi) is 5.12.